The molecule has 132 valence electrons. The molecule has 0 saturated heterocycles. The van der Waals surface area contributed by atoms with Crippen LogP contribution in [-0.4, -0.2) is 12.5 Å². The van der Waals surface area contributed by atoms with Crippen LogP contribution in [0.1, 0.15) is 35.6 Å². The van der Waals surface area contributed by atoms with Crippen LogP contribution in [-0.2, 0) is 11.2 Å². The molecule has 1 N–H and O–H groups in total. The standard InChI is InChI=1S/C20H21F2NO2/c1-13-2-6-15(7-3-13)19(16-8-9-16)23-18(24)12-14-4-10-17(11-5-14)25-20(21)22/h2-7,10-11,16,19-20H,8-9,12H2,1H3,(H,23,24). The number of hydrogen-bond donors (Lipinski definition) is 1. The Bertz CT molecular complexity index is 709. The summed E-state index contributed by atoms with van der Waals surface area (Å²) in [4.78, 5) is 12.4. The number of nitrogens with one attached hydrogen (secondary N) is 1. The predicted molar refractivity (Wildman–Crippen MR) is 91.6 cm³/mol. The molecule has 1 fully saturated rings. The summed E-state index contributed by atoms with van der Waals surface area (Å²) in [6, 6.07) is 14.4. The van der Waals surface area contributed by atoms with Gasteiger partial charge in [-0.25, -0.2) is 0 Å². The molecule has 2 aromatic carbocycles. The quantitative estimate of drug-likeness (QED) is 0.807. The van der Waals surface area contributed by atoms with Gasteiger partial charge in [-0.15, -0.1) is 0 Å². The van der Waals surface area contributed by atoms with E-state index in [-0.39, 0.29) is 24.1 Å². The zero-order valence-electron chi connectivity index (χ0n) is 14.0. The molecule has 2 aromatic rings. The molecule has 0 heterocycles. The highest BCUT2D eigenvalue weighted by atomic mass is 19.3. The van der Waals surface area contributed by atoms with Crippen LogP contribution in [0.2, 0.25) is 0 Å². The van der Waals surface area contributed by atoms with E-state index in [9.17, 15) is 13.6 Å². The fraction of sp³-hybridized carbons (Fsp3) is 0.350. The van der Waals surface area contributed by atoms with Crippen molar-refractivity contribution in [3.8, 4) is 5.75 Å². The van der Waals surface area contributed by atoms with Crippen LogP contribution in [0.4, 0.5) is 8.78 Å². The van der Waals surface area contributed by atoms with E-state index in [1.807, 2.05) is 6.92 Å². The van der Waals surface area contributed by atoms with E-state index in [1.54, 1.807) is 12.1 Å². The van der Waals surface area contributed by atoms with E-state index in [2.05, 4.69) is 34.3 Å². The lowest BCUT2D eigenvalue weighted by Crippen LogP contribution is -2.31. The minimum absolute atomic E-state index is 0.0366. The number of benzene rings is 2. The summed E-state index contributed by atoms with van der Waals surface area (Å²) < 4.78 is 28.6. The first-order valence-electron chi connectivity index (χ1n) is 8.41. The van der Waals surface area contributed by atoms with Crippen molar-refractivity contribution >= 4 is 5.91 Å². The number of aryl methyl sites for hydroxylation is 1. The highest BCUT2D eigenvalue weighted by molar-refractivity contribution is 5.79. The molecule has 1 unspecified atom stereocenters. The van der Waals surface area contributed by atoms with Crippen molar-refractivity contribution in [3.05, 3.63) is 65.2 Å². The molecule has 1 amide bonds. The number of carbonyl (C=O) groups is 1. The first kappa shape index (κ1) is 17.4. The van der Waals surface area contributed by atoms with Gasteiger partial charge in [-0.2, -0.15) is 8.78 Å². The van der Waals surface area contributed by atoms with Crippen molar-refractivity contribution in [2.75, 3.05) is 0 Å². The third-order valence-electron chi connectivity index (χ3n) is 4.36. The van der Waals surface area contributed by atoms with Crippen LogP contribution in [0.5, 0.6) is 5.75 Å². The Labute approximate surface area is 146 Å². The minimum atomic E-state index is -2.84. The second-order valence-corrected chi connectivity index (χ2v) is 6.49. The fourth-order valence-electron chi connectivity index (χ4n) is 2.88. The van der Waals surface area contributed by atoms with E-state index >= 15 is 0 Å². The minimum Gasteiger partial charge on any atom is -0.435 e. The van der Waals surface area contributed by atoms with E-state index in [0.717, 1.165) is 24.0 Å². The van der Waals surface area contributed by atoms with Gasteiger partial charge in [-0.3, -0.25) is 4.79 Å². The Morgan fingerprint density at radius 2 is 1.76 bits per heavy atom. The second kappa shape index (κ2) is 7.64. The molecule has 3 rings (SSSR count). The van der Waals surface area contributed by atoms with Crippen molar-refractivity contribution in [2.45, 2.75) is 38.8 Å². The topological polar surface area (TPSA) is 38.3 Å². The average Bonchev–Trinajstić information content (AvgIpc) is 3.40. The van der Waals surface area contributed by atoms with Crippen LogP contribution < -0.4 is 10.1 Å². The van der Waals surface area contributed by atoms with Crippen LogP contribution in [0.3, 0.4) is 0 Å². The van der Waals surface area contributed by atoms with Crippen LogP contribution in [0.15, 0.2) is 48.5 Å². The van der Waals surface area contributed by atoms with Crippen LogP contribution >= 0.6 is 0 Å². The Hall–Kier alpha value is -2.43. The van der Waals surface area contributed by atoms with Gasteiger partial charge in [0.25, 0.3) is 0 Å². The van der Waals surface area contributed by atoms with Gasteiger partial charge in [-0.1, -0.05) is 42.0 Å². The Morgan fingerprint density at radius 1 is 1.12 bits per heavy atom. The van der Waals surface area contributed by atoms with Crippen LogP contribution in [0, 0.1) is 12.8 Å². The lowest BCUT2D eigenvalue weighted by molar-refractivity contribution is -0.121. The molecule has 0 aromatic heterocycles. The molecular weight excluding hydrogens is 324 g/mol. The van der Waals surface area contributed by atoms with Gasteiger partial charge in [-0.05, 0) is 48.9 Å². The molecule has 0 radical (unpaired) electrons. The number of ether oxygens (including phenoxy) is 1. The van der Waals surface area contributed by atoms with Crippen LogP contribution in [0.25, 0.3) is 0 Å². The monoisotopic (exact) mass is 345 g/mol. The number of alkyl halides is 2. The molecule has 1 atom stereocenters. The maximum Gasteiger partial charge on any atom is 0.387 e. The summed E-state index contributed by atoms with van der Waals surface area (Å²) in [5.41, 5.74) is 3.08. The van der Waals surface area contributed by atoms with Gasteiger partial charge in [0, 0.05) is 0 Å². The zero-order valence-corrected chi connectivity index (χ0v) is 14.0. The molecule has 25 heavy (non-hydrogen) atoms. The lowest BCUT2D eigenvalue weighted by Gasteiger charge is -2.19. The number of hydrogen-bond acceptors (Lipinski definition) is 2. The predicted octanol–water partition coefficient (Wildman–Crippen LogP) is 4.41. The smallest absolute Gasteiger partial charge is 0.387 e. The number of halogens is 2. The summed E-state index contributed by atoms with van der Waals surface area (Å²) in [6.07, 6.45) is 2.46. The summed E-state index contributed by atoms with van der Waals surface area (Å²) in [6.45, 7) is -0.807. The van der Waals surface area contributed by atoms with Gasteiger partial charge >= 0.3 is 6.61 Å². The number of amides is 1. The highest BCUT2D eigenvalue weighted by Crippen LogP contribution is 2.41. The van der Waals surface area contributed by atoms with Crippen molar-refractivity contribution in [2.24, 2.45) is 5.92 Å². The van der Waals surface area contributed by atoms with Crippen molar-refractivity contribution in [3.63, 3.8) is 0 Å². The molecule has 0 spiro atoms. The molecule has 1 aliphatic rings. The lowest BCUT2D eigenvalue weighted by atomic mass is 10.0. The molecule has 3 nitrogen and oxygen atoms in total. The second-order valence-electron chi connectivity index (χ2n) is 6.49. The first-order valence-corrected chi connectivity index (χ1v) is 8.41. The molecule has 5 heteroatoms. The summed E-state index contributed by atoms with van der Waals surface area (Å²) in [5.74, 6) is 0.517. The Balaban J connectivity index is 1.61. The maximum atomic E-state index is 12.4. The van der Waals surface area contributed by atoms with E-state index in [4.69, 9.17) is 0 Å². The molecule has 0 bridgehead atoms. The Kier molecular flexibility index (Phi) is 5.31. The third kappa shape index (κ3) is 5.02. The van der Waals surface area contributed by atoms with E-state index in [0.29, 0.717) is 5.92 Å². The first-order chi connectivity index (χ1) is 12.0. The van der Waals surface area contributed by atoms with E-state index < -0.39 is 6.61 Å². The fourth-order valence-corrected chi connectivity index (χ4v) is 2.88. The van der Waals surface area contributed by atoms with Gasteiger partial charge in [0.2, 0.25) is 5.91 Å². The zero-order chi connectivity index (χ0) is 17.8. The summed E-state index contributed by atoms with van der Waals surface area (Å²) in [5, 5.41) is 3.12. The third-order valence-corrected chi connectivity index (χ3v) is 4.36. The highest BCUT2D eigenvalue weighted by Gasteiger charge is 2.33. The SMILES string of the molecule is Cc1ccc(C(NC(=O)Cc2ccc(OC(F)F)cc2)C2CC2)cc1. The van der Waals surface area contributed by atoms with Crippen molar-refractivity contribution in [1.29, 1.82) is 0 Å². The number of rotatable bonds is 7. The molecule has 0 aliphatic heterocycles. The van der Waals surface area contributed by atoms with Crippen molar-refractivity contribution in [1.82, 2.24) is 5.32 Å². The normalized spacial score (nSPS) is 15.0. The van der Waals surface area contributed by atoms with Gasteiger partial charge in [0.15, 0.2) is 0 Å². The van der Waals surface area contributed by atoms with Crippen molar-refractivity contribution < 1.29 is 18.3 Å². The average molecular weight is 345 g/mol. The summed E-state index contributed by atoms with van der Waals surface area (Å²) in [7, 11) is 0. The molecule has 1 saturated carbocycles. The van der Waals surface area contributed by atoms with E-state index in [1.165, 1.54) is 17.7 Å². The number of carbonyl (C=O) groups excluding carboxylic acids is 1. The Morgan fingerprint density at radius 3 is 2.32 bits per heavy atom. The largest absolute Gasteiger partial charge is 0.435 e. The molecular formula is C20H21F2NO2. The van der Waals surface area contributed by atoms with Gasteiger partial charge in [0.05, 0.1) is 12.5 Å². The maximum absolute atomic E-state index is 12.4. The molecule has 1 aliphatic carbocycles. The summed E-state index contributed by atoms with van der Waals surface area (Å²) >= 11 is 0. The van der Waals surface area contributed by atoms with Gasteiger partial charge < -0.3 is 10.1 Å². The van der Waals surface area contributed by atoms with Gasteiger partial charge in [0.1, 0.15) is 5.75 Å².